The highest BCUT2D eigenvalue weighted by Crippen LogP contribution is 2.16. The van der Waals surface area contributed by atoms with E-state index in [4.69, 9.17) is 9.47 Å². The molecule has 1 aliphatic rings. The first-order valence-corrected chi connectivity index (χ1v) is 6.85. The van der Waals surface area contributed by atoms with Crippen molar-refractivity contribution in [1.29, 1.82) is 0 Å². The molecule has 2 N–H and O–H groups in total. The predicted molar refractivity (Wildman–Crippen MR) is 74.4 cm³/mol. The Morgan fingerprint density at radius 3 is 2.89 bits per heavy atom. The number of rotatable bonds is 7. The van der Waals surface area contributed by atoms with Crippen LogP contribution in [0.25, 0.3) is 0 Å². The standard InChI is InChI=1S/C13H22N4O2/c1-3-14-11-7-12(15-10-5-6-19-8-10)17-13(16-11)9-18-4-2/h7,10H,3-6,8-9H2,1-2H3,(H2,14,15,16,17). The summed E-state index contributed by atoms with van der Waals surface area (Å²) in [6.07, 6.45) is 1.02. The van der Waals surface area contributed by atoms with Crippen LogP contribution < -0.4 is 10.6 Å². The second-order valence-electron chi connectivity index (χ2n) is 4.43. The van der Waals surface area contributed by atoms with Gasteiger partial charge in [0, 0.05) is 25.8 Å². The highest BCUT2D eigenvalue weighted by Gasteiger charge is 2.16. The van der Waals surface area contributed by atoms with Gasteiger partial charge in [0.25, 0.3) is 0 Å². The predicted octanol–water partition coefficient (Wildman–Crippen LogP) is 1.65. The van der Waals surface area contributed by atoms with Crippen molar-refractivity contribution in [1.82, 2.24) is 9.97 Å². The van der Waals surface area contributed by atoms with Gasteiger partial charge in [-0.15, -0.1) is 0 Å². The Morgan fingerprint density at radius 1 is 1.37 bits per heavy atom. The molecule has 0 aromatic carbocycles. The van der Waals surface area contributed by atoms with Crippen LogP contribution in [0, 0.1) is 0 Å². The summed E-state index contributed by atoms with van der Waals surface area (Å²) in [6, 6.07) is 2.27. The summed E-state index contributed by atoms with van der Waals surface area (Å²) in [5, 5.41) is 6.60. The minimum absolute atomic E-state index is 0.337. The first-order chi connectivity index (χ1) is 9.31. The number of anilines is 2. The van der Waals surface area contributed by atoms with Crippen LogP contribution in [0.5, 0.6) is 0 Å². The Kier molecular flexibility index (Phi) is 5.35. The summed E-state index contributed by atoms with van der Waals surface area (Å²) < 4.78 is 10.7. The molecule has 1 fully saturated rings. The van der Waals surface area contributed by atoms with Crippen molar-refractivity contribution in [3.05, 3.63) is 11.9 Å². The zero-order valence-corrected chi connectivity index (χ0v) is 11.6. The Hall–Kier alpha value is -1.40. The maximum absolute atomic E-state index is 5.37. The van der Waals surface area contributed by atoms with Crippen LogP contribution in [0.15, 0.2) is 6.07 Å². The third-order valence-electron chi connectivity index (χ3n) is 2.85. The van der Waals surface area contributed by atoms with E-state index in [1.165, 1.54) is 0 Å². The van der Waals surface area contributed by atoms with Gasteiger partial charge >= 0.3 is 0 Å². The van der Waals surface area contributed by atoms with Gasteiger partial charge in [-0.1, -0.05) is 0 Å². The fourth-order valence-corrected chi connectivity index (χ4v) is 1.96. The number of ether oxygens (including phenoxy) is 2. The molecule has 1 saturated heterocycles. The lowest BCUT2D eigenvalue weighted by Gasteiger charge is -2.14. The molecule has 2 heterocycles. The Balaban J connectivity index is 2.07. The molecule has 0 amide bonds. The topological polar surface area (TPSA) is 68.3 Å². The summed E-state index contributed by atoms with van der Waals surface area (Å²) in [5.74, 6) is 2.35. The smallest absolute Gasteiger partial charge is 0.158 e. The average molecular weight is 266 g/mol. The molecular weight excluding hydrogens is 244 g/mol. The highest BCUT2D eigenvalue weighted by molar-refractivity contribution is 5.48. The van der Waals surface area contributed by atoms with Gasteiger partial charge in [-0.3, -0.25) is 0 Å². The molecule has 1 aromatic heterocycles. The summed E-state index contributed by atoms with van der Waals surface area (Å²) in [4.78, 5) is 8.89. The van der Waals surface area contributed by atoms with Gasteiger partial charge in [-0.05, 0) is 20.3 Å². The zero-order chi connectivity index (χ0) is 13.5. The maximum Gasteiger partial charge on any atom is 0.158 e. The zero-order valence-electron chi connectivity index (χ0n) is 11.6. The lowest BCUT2D eigenvalue weighted by molar-refractivity contribution is 0.128. The van der Waals surface area contributed by atoms with Crippen LogP contribution in [0.4, 0.5) is 11.6 Å². The quantitative estimate of drug-likeness (QED) is 0.782. The lowest BCUT2D eigenvalue weighted by Crippen LogP contribution is -2.20. The Bertz CT molecular complexity index is 394. The van der Waals surface area contributed by atoms with E-state index >= 15 is 0 Å². The van der Waals surface area contributed by atoms with E-state index in [2.05, 4.69) is 20.6 Å². The number of hydrogen-bond donors (Lipinski definition) is 2. The largest absolute Gasteiger partial charge is 0.379 e. The fraction of sp³-hybridized carbons (Fsp3) is 0.692. The highest BCUT2D eigenvalue weighted by atomic mass is 16.5. The van der Waals surface area contributed by atoms with Gasteiger partial charge in [-0.2, -0.15) is 0 Å². The van der Waals surface area contributed by atoms with Gasteiger partial charge in [0.1, 0.15) is 18.2 Å². The van der Waals surface area contributed by atoms with Crippen molar-refractivity contribution in [2.75, 3.05) is 37.0 Å². The molecule has 0 radical (unpaired) electrons. The monoisotopic (exact) mass is 266 g/mol. The van der Waals surface area contributed by atoms with Crippen LogP contribution in [-0.2, 0) is 16.1 Å². The Labute approximate surface area is 113 Å². The van der Waals surface area contributed by atoms with Gasteiger partial charge in [0.2, 0.25) is 0 Å². The average Bonchev–Trinajstić information content (AvgIpc) is 2.89. The van der Waals surface area contributed by atoms with Crippen LogP contribution in [0.3, 0.4) is 0 Å². The first kappa shape index (κ1) is 14.0. The summed E-state index contributed by atoms with van der Waals surface area (Å²) in [6.45, 7) is 7.48. The van der Waals surface area contributed by atoms with Gasteiger partial charge in [-0.25, -0.2) is 9.97 Å². The van der Waals surface area contributed by atoms with Crippen molar-refractivity contribution in [3.8, 4) is 0 Å². The Morgan fingerprint density at radius 2 is 2.21 bits per heavy atom. The minimum atomic E-state index is 0.337. The third kappa shape index (κ3) is 4.33. The van der Waals surface area contributed by atoms with Gasteiger partial charge < -0.3 is 20.1 Å². The summed E-state index contributed by atoms with van der Waals surface area (Å²) in [5.41, 5.74) is 0. The molecule has 6 heteroatoms. The maximum atomic E-state index is 5.37. The molecule has 1 aliphatic heterocycles. The number of hydrogen-bond acceptors (Lipinski definition) is 6. The molecule has 0 spiro atoms. The summed E-state index contributed by atoms with van der Waals surface area (Å²) >= 11 is 0. The van der Waals surface area contributed by atoms with E-state index in [0.717, 1.165) is 37.8 Å². The molecule has 0 saturated carbocycles. The summed E-state index contributed by atoms with van der Waals surface area (Å²) in [7, 11) is 0. The molecule has 0 bridgehead atoms. The van der Waals surface area contributed by atoms with Crippen molar-refractivity contribution in [3.63, 3.8) is 0 Å². The molecule has 106 valence electrons. The van der Waals surface area contributed by atoms with Gasteiger partial charge in [0.05, 0.1) is 12.6 Å². The van der Waals surface area contributed by atoms with Crippen molar-refractivity contribution in [2.45, 2.75) is 32.9 Å². The van der Waals surface area contributed by atoms with E-state index in [9.17, 15) is 0 Å². The van der Waals surface area contributed by atoms with E-state index in [-0.39, 0.29) is 0 Å². The van der Waals surface area contributed by atoms with E-state index in [0.29, 0.717) is 25.1 Å². The van der Waals surface area contributed by atoms with Crippen molar-refractivity contribution in [2.24, 2.45) is 0 Å². The number of nitrogens with zero attached hydrogens (tertiary/aromatic N) is 2. The normalized spacial score (nSPS) is 18.5. The van der Waals surface area contributed by atoms with Crippen molar-refractivity contribution < 1.29 is 9.47 Å². The molecule has 2 rings (SSSR count). The third-order valence-corrected chi connectivity index (χ3v) is 2.85. The SMILES string of the molecule is CCNc1cc(NC2CCOC2)nc(COCC)n1. The van der Waals surface area contributed by atoms with E-state index in [1.807, 2.05) is 19.9 Å². The van der Waals surface area contributed by atoms with Crippen molar-refractivity contribution >= 4 is 11.6 Å². The molecule has 1 aromatic rings. The molecule has 19 heavy (non-hydrogen) atoms. The molecular formula is C13H22N4O2. The first-order valence-electron chi connectivity index (χ1n) is 6.85. The van der Waals surface area contributed by atoms with E-state index in [1.54, 1.807) is 0 Å². The number of nitrogens with one attached hydrogen (secondary N) is 2. The second kappa shape index (κ2) is 7.25. The van der Waals surface area contributed by atoms with Crippen LogP contribution in [-0.4, -0.2) is 42.4 Å². The lowest BCUT2D eigenvalue weighted by atomic mass is 10.2. The molecule has 0 aliphatic carbocycles. The molecule has 6 nitrogen and oxygen atoms in total. The molecule has 1 atom stereocenters. The minimum Gasteiger partial charge on any atom is -0.379 e. The van der Waals surface area contributed by atoms with Crippen LogP contribution in [0.2, 0.25) is 0 Å². The van der Waals surface area contributed by atoms with Crippen LogP contribution in [0.1, 0.15) is 26.1 Å². The molecule has 1 unspecified atom stereocenters. The van der Waals surface area contributed by atoms with Gasteiger partial charge in [0.15, 0.2) is 5.82 Å². The second-order valence-corrected chi connectivity index (χ2v) is 4.43. The fourth-order valence-electron chi connectivity index (χ4n) is 1.96. The van der Waals surface area contributed by atoms with E-state index < -0.39 is 0 Å². The van der Waals surface area contributed by atoms with Crippen LogP contribution >= 0.6 is 0 Å². The number of aromatic nitrogens is 2.